The molecule has 1 amide bonds. The van der Waals surface area contributed by atoms with Gasteiger partial charge < -0.3 is 24.8 Å². The molecule has 0 spiro atoms. The van der Waals surface area contributed by atoms with Crippen LogP contribution in [0.2, 0.25) is 0 Å². The number of allylic oxidation sites excluding steroid dienone is 3. The van der Waals surface area contributed by atoms with Crippen LogP contribution in [0.25, 0.3) is 0 Å². The number of carbonyl (C=O) groups is 1. The number of aliphatic hydroxyl groups is 1. The average molecular weight is 447 g/mol. The molecule has 0 saturated heterocycles. The van der Waals surface area contributed by atoms with Gasteiger partial charge in [0.2, 0.25) is 5.76 Å². The largest absolute Gasteiger partial charge is 0.695 e. The van der Waals surface area contributed by atoms with Gasteiger partial charge in [0.1, 0.15) is 5.76 Å². The number of alkyl halides is 3. The molecule has 31 heavy (non-hydrogen) atoms. The minimum atomic E-state index is -4.57. The van der Waals surface area contributed by atoms with Crippen molar-refractivity contribution in [2.75, 3.05) is 32.6 Å². The van der Waals surface area contributed by atoms with Crippen LogP contribution in [0, 0.1) is 5.92 Å². The zero-order valence-electron chi connectivity index (χ0n) is 18.2. The van der Waals surface area contributed by atoms with E-state index in [1.54, 1.807) is 17.7 Å². The smallest absolute Gasteiger partial charge is 0.495 e. The van der Waals surface area contributed by atoms with Crippen LogP contribution >= 0.6 is 0 Å². The van der Waals surface area contributed by atoms with E-state index in [1.807, 2.05) is 13.8 Å². The van der Waals surface area contributed by atoms with Gasteiger partial charge >= 0.3 is 12.4 Å². The van der Waals surface area contributed by atoms with Crippen LogP contribution in [0.5, 0.6) is 6.01 Å². The van der Waals surface area contributed by atoms with Crippen LogP contribution < -0.4 is 15.4 Å². The summed E-state index contributed by atoms with van der Waals surface area (Å²) in [6.45, 7) is 4.58. The highest BCUT2D eigenvalue weighted by Gasteiger charge is 2.45. The average Bonchev–Trinajstić information content (AvgIpc) is 3.03. The maximum Gasteiger partial charge on any atom is 0.695 e. The van der Waals surface area contributed by atoms with Crippen molar-refractivity contribution in [3.8, 4) is 6.01 Å². The van der Waals surface area contributed by atoms with Crippen molar-refractivity contribution in [3.63, 3.8) is 0 Å². The summed E-state index contributed by atoms with van der Waals surface area (Å²) in [5, 5.41) is 14.5. The van der Waals surface area contributed by atoms with E-state index >= 15 is 0 Å². The number of rotatable bonds is 10. The Morgan fingerprint density at radius 2 is 2.13 bits per heavy atom. The molecule has 1 aromatic heterocycles. The quantitative estimate of drug-likeness (QED) is 0.378. The van der Waals surface area contributed by atoms with Gasteiger partial charge in [-0.2, -0.15) is 4.98 Å². The van der Waals surface area contributed by atoms with Crippen molar-refractivity contribution in [1.82, 2.24) is 14.9 Å². The molecule has 1 aliphatic carbocycles. The van der Waals surface area contributed by atoms with Crippen LogP contribution in [0.3, 0.4) is 0 Å². The van der Waals surface area contributed by atoms with Gasteiger partial charge in [0.05, 0.1) is 12.5 Å². The number of imidazole rings is 1. The lowest BCUT2D eigenvalue weighted by Gasteiger charge is -2.24. The zero-order valence-corrected chi connectivity index (χ0v) is 18.2. The Kier molecular flexibility index (Phi) is 8.37. The molecule has 0 aromatic carbocycles. The summed E-state index contributed by atoms with van der Waals surface area (Å²) in [4.78, 5) is 17.1. The Morgan fingerprint density at radius 3 is 2.71 bits per heavy atom. The third kappa shape index (κ3) is 6.39. The molecule has 0 aliphatic heterocycles. The third-order valence-electron chi connectivity index (χ3n) is 4.54. The number of carbonyl (C=O) groups excluding carboxylic acids is 1. The molecule has 11 heteroatoms. The van der Waals surface area contributed by atoms with Crippen LogP contribution in [0.15, 0.2) is 23.7 Å². The molecule has 1 aliphatic rings. The molecular weight excluding hydrogens is 417 g/mol. The lowest BCUT2D eigenvalue weighted by atomic mass is 10.1. The van der Waals surface area contributed by atoms with Crippen molar-refractivity contribution in [3.05, 3.63) is 29.4 Å². The Bertz CT molecular complexity index is 831. The van der Waals surface area contributed by atoms with Crippen molar-refractivity contribution in [2.24, 2.45) is 5.92 Å². The second-order valence-corrected chi connectivity index (χ2v) is 7.49. The van der Waals surface area contributed by atoms with Crippen molar-refractivity contribution < 1.29 is 32.2 Å². The lowest BCUT2D eigenvalue weighted by molar-refractivity contribution is -0.400. The molecule has 0 atom stereocenters. The van der Waals surface area contributed by atoms with Crippen LogP contribution in [0.4, 0.5) is 19.0 Å². The number of halogens is 3. The van der Waals surface area contributed by atoms with E-state index in [1.165, 1.54) is 10.4 Å². The van der Waals surface area contributed by atoms with Gasteiger partial charge in [-0.3, -0.25) is 9.36 Å². The summed E-state index contributed by atoms with van der Waals surface area (Å²) < 4.78 is 47.7. The van der Waals surface area contributed by atoms with Gasteiger partial charge in [0.25, 0.3) is 5.91 Å². The predicted octanol–water partition coefficient (Wildman–Crippen LogP) is 3.34. The number of aromatic nitrogens is 2. The Morgan fingerprint density at radius 1 is 1.42 bits per heavy atom. The molecule has 0 fully saturated rings. The summed E-state index contributed by atoms with van der Waals surface area (Å²) in [6.07, 6.45) is -0.601. The molecule has 0 bridgehead atoms. The SMILES string of the molecule is CNc1nc(OC2=CCCC([O+](C)C(F)(F)F)=C2)n(CC(C)C)c1C(=O)NCCCO. The van der Waals surface area contributed by atoms with Gasteiger partial charge in [-0.1, -0.05) is 27.0 Å². The number of amides is 1. The van der Waals surface area contributed by atoms with Gasteiger partial charge in [0.15, 0.2) is 18.6 Å². The minimum absolute atomic E-state index is 0.00257. The predicted molar refractivity (Wildman–Crippen MR) is 110 cm³/mol. The van der Waals surface area contributed by atoms with Crippen LogP contribution in [-0.4, -0.2) is 54.2 Å². The highest BCUT2D eigenvalue weighted by molar-refractivity contribution is 5.97. The van der Waals surface area contributed by atoms with E-state index in [4.69, 9.17) is 9.84 Å². The molecule has 3 N–H and O–H groups in total. The second kappa shape index (κ2) is 10.6. The molecule has 0 saturated carbocycles. The first-order valence-electron chi connectivity index (χ1n) is 10.1. The second-order valence-electron chi connectivity index (χ2n) is 7.49. The molecule has 8 nitrogen and oxygen atoms in total. The van der Waals surface area contributed by atoms with E-state index in [2.05, 4.69) is 15.6 Å². The standard InChI is InChI=1S/C20H29F3N4O4/c1-13(2)12-27-16(18(29)25-9-6-10-28)17(24-3)26-19(27)30-14-7-5-8-15(11-14)31(4)20(21,22)23/h7,11,13,28H,5-6,8-10,12H2,1-4H3,(H-,24,25,29)/p+1. The van der Waals surface area contributed by atoms with E-state index in [0.717, 1.165) is 7.11 Å². The van der Waals surface area contributed by atoms with Gasteiger partial charge in [-0.25, -0.2) is 0 Å². The van der Waals surface area contributed by atoms with Crippen LogP contribution in [-0.2, 0) is 10.9 Å². The zero-order chi connectivity index (χ0) is 23.2. The lowest BCUT2D eigenvalue weighted by Crippen LogP contribution is -2.29. The minimum Gasteiger partial charge on any atom is -0.495 e. The summed E-state index contributed by atoms with van der Waals surface area (Å²) in [7, 11) is 2.51. The highest BCUT2D eigenvalue weighted by Crippen LogP contribution is 2.34. The number of anilines is 1. The summed E-state index contributed by atoms with van der Waals surface area (Å²) in [5.74, 6) is 0.266. The third-order valence-corrected chi connectivity index (χ3v) is 4.54. The number of hydrogen-bond donors (Lipinski definition) is 3. The normalized spacial score (nSPS) is 14.2. The Balaban J connectivity index is 2.36. The maximum absolute atomic E-state index is 13.0. The number of nitrogens with zero attached hydrogens (tertiary/aromatic N) is 2. The van der Waals surface area contributed by atoms with Gasteiger partial charge in [-0.05, 0) is 24.8 Å². The Labute approximate surface area is 179 Å². The fraction of sp³-hybridized carbons (Fsp3) is 0.600. The number of aliphatic hydroxyl groups excluding tert-OH is 1. The number of ether oxygens (including phenoxy) is 1. The van der Waals surface area contributed by atoms with Crippen molar-refractivity contribution in [2.45, 2.75) is 46.0 Å². The monoisotopic (exact) mass is 447 g/mol. The maximum atomic E-state index is 13.0. The van der Waals surface area contributed by atoms with E-state index in [9.17, 15) is 18.0 Å². The highest BCUT2D eigenvalue weighted by atomic mass is 19.4. The topological polar surface area (TPSA) is 91.1 Å². The van der Waals surface area contributed by atoms with Crippen molar-refractivity contribution in [1.29, 1.82) is 0 Å². The molecule has 0 unspecified atom stereocenters. The first kappa shape index (κ1) is 24.6. The van der Waals surface area contributed by atoms with Crippen molar-refractivity contribution >= 4 is 11.7 Å². The molecule has 1 heterocycles. The number of hydrogen-bond acceptors (Lipinski definition) is 5. The van der Waals surface area contributed by atoms with Gasteiger partial charge in [-0.15, -0.1) is 0 Å². The summed E-state index contributed by atoms with van der Waals surface area (Å²) >= 11 is 0. The molecule has 0 radical (unpaired) electrons. The fourth-order valence-electron chi connectivity index (χ4n) is 3.03. The molecular formula is C20H30F3N4O4+. The molecule has 174 valence electrons. The Hall–Kier alpha value is -2.69. The molecule has 1 aromatic rings. The van der Waals surface area contributed by atoms with Crippen LogP contribution in [0.1, 0.15) is 43.6 Å². The van der Waals surface area contributed by atoms with E-state index < -0.39 is 6.36 Å². The van der Waals surface area contributed by atoms with Gasteiger partial charge in [0, 0.05) is 26.7 Å². The number of nitrogens with one attached hydrogen (secondary N) is 2. The van der Waals surface area contributed by atoms with E-state index in [0.29, 0.717) is 31.7 Å². The first-order valence-corrected chi connectivity index (χ1v) is 10.1. The van der Waals surface area contributed by atoms with E-state index in [-0.39, 0.29) is 48.1 Å². The summed E-state index contributed by atoms with van der Waals surface area (Å²) in [6, 6.07) is 0.105. The molecule has 2 rings (SSSR count). The summed E-state index contributed by atoms with van der Waals surface area (Å²) in [5.41, 5.74) is 0.256. The first-order chi connectivity index (χ1) is 14.6. The fourth-order valence-corrected chi connectivity index (χ4v) is 3.03.